The number of ether oxygens (including phenoxy) is 1. The number of piperidine rings is 1. The van der Waals surface area contributed by atoms with Crippen LogP contribution in [0.25, 0.3) is 16.8 Å². The van der Waals surface area contributed by atoms with Crippen LogP contribution in [0.15, 0.2) is 24.5 Å². The highest BCUT2D eigenvalue weighted by Gasteiger charge is 2.42. The zero-order valence-corrected chi connectivity index (χ0v) is 19.3. The molecule has 0 bridgehead atoms. The highest BCUT2D eigenvalue weighted by Crippen LogP contribution is 2.34. The molecule has 3 aromatic rings. The van der Waals surface area contributed by atoms with E-state index in [0.717, 1.165) is 30.4 Å². The number of anilines is 1. The van der Waals surface area contributed by atoms with Gasteiger partial charge < -0.3 is 10.1 Å². The number of aromatic nitrogens is 5. The summed E-state index contributed by atoms with van der Waals surface area (Å²) in [4.78, 5) is 4.64. The Morgan fingerprint density at radius 1 is 1.25 bits per heavy atom. The van der Waals surface area contributed by atoms with Crippen LogP contribution in [0.5, 0.6) is 5.88 Å². The third kappa shape index (κ3) is 3.95. The molecule has 0 radical (unpaired) electrons. The van der Waals surface area contributed by atoms with Crippen molar-refractivity contribution in [3.8, 4) is 17.0 Å². The molecule has 1 aliphatic carbocycles. The summed E-state index contributed by atoms with van der Waals surface area (Å²) in [5.74, 6) is 1.27. The normalized spacial score (nSPS) is 22.5. The number of fused-ring (bicyclic) bond motifs is 1. The Labute approximate surface area is 187 Å². The number of sulfonamides is 1. The molecule has 1 saturated heterocycles. The lowest BCUT2D eigenvalue weighted by Gasteiger charge is -2.36. The van der Waals surface area contributed by atoms with Gasteiger partial charge in [0.25, 0.3) is 0 Å². The molecule has 4 heterocycles. The first-order valence-electron chi connectivity index (χ1n) is 11.1. The molecular weight excluding hydrogens is 430 g/mol. The van der Waals surface area contributed by atoms with Gasteiger partial charge in [0.15, 0.2) is 5.65 Å². The highest BCUT2D eigenvalue weighted by atomic mass is 32.2. The van der Waals surface area contributed by atoms with Crippen molar-refractivity contribution in [3.63, 3.8) is 0 Å². The van der Waals surface area contributed by atoms with E-state index >= 15 is 0 Å². The minimum absolute atomic E-state index is 0.0374. The van der Waals surface area contributed by atoms with Crippen LogP contribution in [0.4, 0.5) is 5.95 Å². The summed E-state index contributed by atoms with van der Waals surface area (Å²) in [7, 11) is -3.14. The molecule has 2 aliphatic rings. The number of rotatable bonds is 7. The van der Waals surface area contributed by atoms with Crippen molar-refractivity contribution < 1.29 is 13.2 Å². The van der Waals surface area contributed by atoms with Crippen LogP contribution < -0.4 is 10.1 Å². The zero-order valence-electron chi connectivity index (χ0n) is 18.5. The highest BCUT2D eigenvalue weighted by molar-refractivity contribution is 7.90. The molecule has 2 N–H and O–H groups in total. The molecule has 172 valence electrons. The first-order chi connectivity index (χ1) is 15.3. The molecule has 2 fully saturated rings. The summed E-state index contributed by atoms with van der Waals surface area (Å²) in [6, 6.07) is 3.96. The van der Waals surface area contributed by atoms with E-state index in [1.807, 2.05) is 32.2 Å². The molecule has 1 saturated carbocycles. The van der Waals surface area contributed by atoms with Crippen LogP contribution in [0.1, 0.15) is 40.0 Å². The van der Waals surface area contributed by atoms with E-state index in [1.165, 1.54) is 0 Å². The fourth-order valence-electron chi connectivity index (χ4n) is 4.24. The number of H-pyrrole nitrogens is 1. The quantitative estimate of drug-likeness (QED) is 0.557. The van der Waals surface area contributed by atoms with Crippen molar-refractivity contribution in [3.05, 3.63) is 24.5 Å². The van der Waals surface area contributed by atoms with E-state index in [1.54, 1.807) is 15.0 Å². The Bertz CT molecular complexity index is 1200. The van der Waals surface area contributed by atoms with Gasteiger partial charge in [0.1, 0.15) is 0 Å². The fraction of sp³-hybridized carbons (Fsp3) is 0.571. The van der Waals surface area contributed by atoms with E-state index < -0.39 is 10.0 Å². The molecule has 2 atom stereocenters. The summed E-state index contributed by atoms with van der Waals surface area (Å²) in [6.45, 7) is 7.07. The van der Waals surface area contributed by atoms with Crippen LogP contribution in [-0.2, 0) is 10.0 Å². The Kier molecular flexibility index (Phi) is 5.32. The van der Waals surface area contributed by atoms with Gasteiger partial charge in [-0.1, -0.05) is 6.92 Å². The second kappa shape index (κ2) is 8.04. The molecule has 11 heteroatoms. The minimum atomic E-state index is -3.14. The minimum Gasteiger partial charge on any atom is -0.474 e. The maximum atomic E-state index is 12.6. The average molecular weight is 460 g/mol. The van der Waals surface area contributed by atoms with Gasteiger partial charge in [0.05, 0.1) is 17.6 Å². The van der Waals surface area contributed by atoms with Crippen molar-refractivity contribution in [2.45, 2.75) is 57.4 Å². The molecule has 32 heavy (non-hydrogen) atoms. The Morgan fingerprint density at radius 3 is 2.72 bits per heavy atom. The van der Waals surface area contributed by atoms with Gasteiger partial charge in [-0.3, -0.25) is 5.10 Å². The Hall–Kier alpha value is -2.66. The van der Waals surface area contributed by atoms with E-state index in [9.17, 15) is 8.42 Å². The lowest BCUT2D eigenvalue weighted by atomic mass is 9.95. The summed E-state index contributed by atoms with van der Waals surface area (Å²) in [5.41, 5.74) is 2.46. The van der Waals surface area contributed by atoms with Crippen LogP contribution >= 0.6 is 0 Å². The SMILES string of the molecule is CC(C)Oc1c(-c2cn[nH]c2)ccc2nc(N[C@H]3CCN(S(=O)(=O)C4CC4)C[C@H]3C)nn12. The van der Waals surface area contributed by atoms with Crippen molar-refractivity contribution in [2.24, 2.45) is 5.92 Å². The molecule has 0 aromatic carbocycles. The van der Waals surface area contributed by atoms with E-state index in [-0.39, 0.29) is 23.3 Å². The van der Waals surface area contributed by atoms with Crippen molar-refractivity contribution >= 4 is 21.6 Å². The second-order valence-corrected chi connectivity index (χ2v) is 11.2. The average Bonchev–Trinajstić information content (AvgIpc) is 3.32. The summed E-state index contributed by atoms with van der Waals surface area (Å²) in [6.07, 6.45) is 5.83. The van der Waals surface area contributed by atoms with Gasteiger partial charge in [-0.05, 0) is 51.2 Å². The first kappa shape index (κ1) is 21.2. The molecule has 5 rings (SSSR count). The molecule has 0 unspecified atom stereocenters. The molecular formula is C21H29N7O3S. The molecule has 1 aliphatic heterocycles. The molecule has 0 spiro atoms. The molecule has 0 amide bonds. The van der Waals surface area contributed by atoms with Gasteiger partial charge >= 0.3 is 0 Å². The van der Waals surface area contributed by atoms with E-state index in [4.69, 9.17) is 4.74 Å². The predicted octanol–water partition coefficient (Wildman–Crippen LogP) is 2.52. The molecule has 10 nitrogen and oxygen atoms in total. The largest absolute Gasteiger partial charge is 0.474 e. The number of hydrogen-bond donors (Lipinski definition) is 2. The number of pyridine rings is 1. The Morgan fingerprint density at radius 2 is 2.06 bits per heavy atom. The van der Waals surface area contributed by atoms with Crippen molar-refractivity contribution in [1.29, 1.82) is 0 Å². The summed E-state index contributed by atoms with van der Waals surface area (Å²) >= 11 is 0. The third-order valence-electron chi connectivity index (χ3n) is 6.10. The van der Waals surface area contributed by atoms with Crippen LogP contribution in [0, 0.1) is 5.92 Å². The standard InChI is InChI=1S/C21H29N7O3S/c1-13(2)31-20-17(15-10-22-23-11-15)6-7-19-25-21(26-28(19)20)24-18-8-9-27(12-14(18)3)32(29,30)16-4-5-16/h6-7,10-11,13-14,16,18H,4-5,8-9,12H2,1-3H3,(H,22,23)(H,24,26)/t14-,18+/m1/s1. The van der Waals surface area contributed by atoms with Crippen LogP contribution in [0.2, 0.25) is 0 Å². The lowest BCUT2D eigenvalue weighted by Crippen LogP contribution is -2.48. The third-order valence-corrected chi connectivity index (χ3v) is 8.46. The van der Waals surface area contributed by atoms with Gasteiger partial charge in [0, 0.05) is 36.5 Å². The van der Waals surface area contributed by atoms with Gasteiger partial charge in [-0.2, -0.15) is 14.6 Å². The smallest absolute Gasteiger partial charge is 0.243 e. The molecule has 3 aromatic heterocycles. The second-order valence-electron chi connectivity index (χ2n) is 9.03. The number of aromatic amines is 1. The summed E-state index contributed by atoms with van der Waals surface area (Å²) in [5, 5.41) is 14.8. The zero-order chi connectivity index (χ0) is 22.5. The maximum Gasteiger partial charge on any atom is 0.243 e. The van der Waals surface area contributed by atoms with Gasteiger partial charge in [-0.25, -0.2) is 12.7 Å². The van der Waals surface area contributed by atoms with E-state index in [0.29, 0.717) is 30.6 Å². The monoisotopic (exact) mass is 459 g/mol. The number of nitrogens with zero attached hydrogens (tertiary/aromatic N) is 5. The number of hydrogen-bond acceptors (Lipinski definition) is 7. The van der Waals surface area contributed by atoms with Crippen LogP contribution in [-0.4, -0.2) is 68.0 Å². The van der Waals surface area contributed by atoms with Crippen LogP contribution in [0.3, 0.4) is 0 Å². The summed E-state index contributed by atoms with van der Waals surface area (Å²) < 4.78 is 34.7. The maximum absolute atomic E-state index is 12.6. The van der Waals surface area contributed by atoms with Crippen molar-refractivity contribution in [1.82, 2.24) is 29.1 Å². The van der Waals surface area contributed by atoms with Crippen molar-refractivity contribution in [2.75, 3.05) is 18.4 Å². The van der Waals surface area contributed by atoms with Gasteiger partial charge in [-0.15, -0.1) is 5.10 Å². The van der Waals surface area contributed by atoms with E-state index in [2.05, 4.69) is 32.5 Å². The Balaban J connectivity index is 1.38. The number of nitrogens with one attached hydrogen (secondary N) is 2. The van der Waals surface area contributed by atoms with Gasteiger partial charge in [0.2, 0.25) is 21.9 Å². The first-order valence-corrected chi connectivity index (χ1v) is 12.6. The lowest BCUT2D eigenvalue weighted by molar-refractivity contribution is 0.228. The fourth-order valence-corrected chi connectivity index (χ4v) is 6.19. The topological polar surface area (TPSA) is 118 Å². The predicted molar refractivity (Wildman–Crippen MR) is 121 cm³/mol.